The van der Waals surface area contributed by atoms with Gasteiger partial charge in [-0.3, -0.25) is 10.1 Å². The molecule has 4 heteroatoms. The predicted molar refractivity (Wildman–Crippen MR) is 67.3 cm³/mol. The van der Waals surface area contributed by atoms with E-state index < -0.39 is 0 Å². The first-order valence-corrected chi connectivity index (χ1v) is 6.24. The molecule has 0 saturated heterocycles. The van der Waals surface area contributed by atoms with Gasteiger partial charge in [-0.1, -0.05) is 25.2 Å². The van der Waals surface area contributed by atoms with Crippen LogP contribution >= 0.6 is 0 Å². The molecule has 0 spiro atoms. The molecule has 0 aromatic rings. The Morgan fingerprint density at radius 3 is 2.65 bits per heavy atom. The lowest BCUT2D eigenvalue weighted by Crippen LogP contribution is -2.44. The van der Waals surface area contributed by atoms with Crippen molar-refractivity contribution in [1.29, 1.82) is 0 Å². The lowest BCUT2D eigenvalue weighted by atomic mass is 9.74. The van der Waals surface area contributed by atoms with Gasteiger partial charge in [-0.05, 0) is 12.8 Å². The number of rotatable bonds is 6. The van der Waals surface area contributed by atoms with Crippen molar-refractivity contribution in [1.82, 2.24) is 10.6 Å². The highest BCUT2D eigenvalue weighted by Crippen LogP contribution is 2.35. The number of aliphatic hydroxyl groups excluding tert-OH is 1. The zero-order chi connectivity index (χ0) is 12.6. The second-order valence-corrected chi connectivity index (χ2v) is 4.80. The van der Waals surface area contributed by atoms with Crippen molar-refractivity contribution in [3.05, 3.63) is 0 Å². The summed E-state index contributed by atoms with van der Waals surface area (Å²) in [7, 11) is 0. The van der Waals surface area contributed by atoms with Crippen molar-refractivity contribution in [3.63, 3.8) is 0 Å². The van der Waals surface area contributed by atoms with Crippen LogP contribution < -0.4 is 10.6 Å². The summed E-state index contributed by atoms with van der Waals surface area (Å²) in [4.78, 5) is 11.5. The number of amides is 1. The highest BCUT2D eigenvalue weighted by Gasteiger charge is 2.31. The van der Waals surface area contributed by atoms with Gasteiger partial charge in [0.25, 0.3) is 0 Å². The largest absolute Gasteiger partial charge is 0.396 e. The highest BCUT2D eigenvalue weighted by atomic mass is 16.3. The van der Waals surface area contributed by atoms with Crippen molar-refractivity contribution in [2.75, 3.05) is 26.2 Å². The molecule has 96 valence electrons. The van der Waals surface area contributed by atoms with Gasteiger partial charge in [0.15, 0.2) is 0 Å². The first-order chi connectivity index (χ1) is 8.22. The monoisotopic (exact) mass is 238 g/mol. The summed E-state index contributed by atoms with van der Waals surface area (Å²) in [6.45, 7) is 1.37. The molecule has 4 nitrogen and oxygen atoms in total. The fraction of sp³-hybridized carbons (Fsp3) is 0.769. The number of aliphatic hydroxyl groups is 1. The third kappa shape index (κ3) is 4.76. The predicted octanol–water partition coefficient (Wildman–Crippen LogP) is 0.268. The number of nitrogens with one attached hydrogen (secondary N) is 2. The normalized spacial score (nSPS) is 18.4. The molecule has 17 heavy (non-hydrogen) atoms. The molecule has 1 saturated carbocycles. The van der Waals surface area contributed by atoms with Gasteiger partial charge >= 0.3 is 0 Å². The summed E-state index contributed by atoms with van der Waals surface area (Å²) in [6, 6.07) is 0. The van der Waals surface area contributed by atoms with Gasteiger partial charge in [-0.25, -0.2) is 0 Å². The van der Waals surface area contributed by atoms with E-state index in [1.807, 2.05) is 0 Å². The number of hydrogen-bond acceptors (Lipinski definition) is 3. The molecule has 0 bridgehead atoms. The van der Waals surface area contributed by atoms with E-state index in [0.717, 1.165) is 25.7 Å². The molecule has 3 N–H and O–H groups in total. The summed E-state index contributed by atoms with van der Waals surface area (Å²) >= 11 is 0. The molecule has 0 aromatic heterocycles. The van der Waals surface area contributed by atoms with Gasteiger partial charge < -0.3 is 10.4 Å². The van der Waals surface area contributed by atoms with E-state index in [-0.39, 0.29) is 24.5 Å². The van der Waals surface area contributed by atoms with Crippen LogP contribution in [0.1, 0.15) is 32.1 Å². The Bertz CT molecular complexity index is 278. The Labute approximate surface area is 103 Å². The minimum absolute atomic E-state index is 0.0568. The van der Waals surface area contributed by atoms with E-state index in [4.69, 9.17) is 6.42 Å². The average molecular weight is 238 g/mol. The van der Waals surface area contributed by atoms with E-state index in [9.17, 15) is 9.90 Å². The van der Waals surface area contributed by atoms with Crippen LogP contribution in [0.15, 0.2) is 0 Å². The van der Waals surface area contributed by atoms with Crippen molar-refractivity contribution < 1.29 is 9.90 Å². The van der Waals surface area contributed by atoms with Crippen LogP contribution in [0.25, 0.3) is 0 Å². The van der Waals surface area contributed by atoms with Crippen molar-refractivity contribution in [2.45, 2.75) is 32.1 Å². The fourth-order valence-corrected chi connectivity index (χ4v) is 2.29. The lowest BCUT2D eigenvalue weighted by Gasteiger charge is -2.35. The van der Waals surface area contributed by atoms with Crippen LogP contribution in [-0.4, -0.2) is 37.3 Å². The van der Waals surface area contributed by atoms with E-state index in [0.29, 0.717) is 13.1 Å². The van der Waals surface area contributed by atoms with Crippen LogP contribution in [0, 0.1) is 17.8 Å². The Balaban J connectivity index is 2.27. The second kappa shape index (κ2) is 7.31. The maximum atomic E-state index is 11.5. The molecule has 1 aliphatic rings. The maximum absolute atomic E-state index is 11.5. The molecule has 1 aliphatic carbocycles. The fourth-order valence-electron chi connectivity index (χ4n) is 2.29. The van der Waals surface area contributed by atoms with Gasteiger partial charge in [0.1, 0.15) is 0 Å². The average Bonchev–Trinajstić information content (AvgIpc) is 2.38. The lowest BCUT2D eigenvalue weighted by molar-refractivity contribution is -0.121. The number of carbonyl (C=O) groups is 1. The van der Waals surface area contributed by atoms with Crippen LogP contribution in [0.5, 0.6) is 0 Å². The van der Waals surface area contributed by atoms with E-state index >= 15 is 0 Å². The summed E-state index contributed by atoms with van der Waals surface area (Å²) < 4.78 is 0. The Morgan fingerprint density at radius 1 is 1.35 bits per heavy atom. The molecule has 0 heterocycles. The molecule has 0 aliphatic heterocycles. The summed E-state index contributed by atoms with van der Waals surface area (Å²) in [5.74, 6) is 2.36. The smallest absolute Gasteiger partial charge is 0.234 e. The van der Waals surface area contributed by atoms with Crippen LogP contribution in [-0.2, 0) is 4.79 Å². The van der Waals surface area contributed by atoms with Gasteiger partial charge in [0, 0.05) is 12.0 Å². The zero-order valence-corrected chi connectivity index (χ0v) is 10.3. The molecular weight excluding hydrogens is 216 g/mol. The first kappa shape index (κ1) is 14.0. The number of terminal acetylenes is 1. The molecule has 1 fully saturated rings. The van der Waals surface area contributed by atoms with Crippen LogP contribution in [0.2, 0.25) is 0 Å². The summed E-state index contributed by atoms with van der Waals surface area (Å²) in [5.41, 5.74) is -0.0972. The molecular formula is C13H22N2O2. The second-order valence-electron chi connectivity index (χ2n) is 4.80. The third-order valence-corrected chi connectivity index (χ3v) is 3.42. The van der Waals surface area contributed by atoms with E-state index in [1.54, 1.807) is 0 Å². The Hall–Kier alpha value is -1.05. The van der Waals surface area contributed by atoms with Gasteiger partial charge in [0.2, 0.25) is 5.91 Å². The molecule has 0 aromatic carbocycles. The topological polar surface area (TPSA) is 61.4 Å². The third-order valence-electron chi connectivity index (χ3n) is 3.42. The number of carbonyl (C=O) groups excluding carboxylic acids is 1. The SMILES string of the molecule is C#CCNCC(=O)NCC1(CO)CCCCC1. The highest BCUT2D eigenvalue weighted by molar-refractivity contribution is 5.78. The minimum atomic E-state index is -0.0972. The summed E-state index contributed by atoms with van der Waals surface area (Å²) in [6.07, 6.45) is 10.6. The van der Waals surface area contributed by atoms with Gasteiger partial charge in [-0.2, -0.15) is 0 Å². The van der Waals surface area contributed by atoms with E-state index in [2.05, 4.69) is 16.6 Å². The molecule has 0 atom stereocenters. The maximum Gasteiger partial charge on any atom is 0.234 e. The number of hydrogen-bond donors (Lipinski definition) is 3. The molecule has 0 unspecified atom stereocenters. The van der Waals surface area contributed by atoms with Gasteiger partial charge in [-0.15, -0.1) is 6.42 Å². The van der Waals surface area contributed by atoms with Crippen molar-refractivity contribution in [2.24, 2.45) is 5.41 Å². The quantitative estimate of drug-likeness (QED) is 0.460. The van der Waals surface area contributed by atoms with Crippen LogP contribution in [0.3, 0.4) is 0 Å². The van der Waals surface area contributed by atoms with Crippen molar-refractivity contribution in [3.8, 4) is 12.3 Å². The molecule has 1 amide bonds. The molecule has 0 radical (unpaired) electrons. The van der Waals surface area contributed by atoms with Crippen LogP contribution in [0.4, 0.5) is 0 Å². The summed E-state index contributed by atoms with van der Waals surface area (Å²) in [5, 5.41) is 15.2. The standard InChI is InChI=1S/C13H22N2O2/c1-2-8-14-9-12(17)15-10-13(11-16)6-4-3-5-7-13/h1,14,16H,3-11H2,(H,15,17). The Kier molecular flexibility index (Phi) is 6.03. The van der Waals surface area contributed by atoms with Crippen molar-refractivity contribution >= 4 is 5.91 Å². The van der Waals surface area contributed by atoms with Gasteiger partial charge in [0.05, 0.1) is 19.7 Å². The molecule has 1 rings (SSSR count). The Morgan fingerprint density at radius 2 is 2.06 bits per heavy atom. The zero-order valence-electron chi connectivity index (χ0n) is 10.3. The first-order valence-electron chi connectivity index (χ1n) is 6.24. The van der Waals surface area contributed by atoms with E-state index in [1.165, 1.54) is 6.42 Å². The minimum Gasteiger partial charge on any atom is -0.396 e.